The number of rotatable bonds is 8. The summed E-state index contributed by atoms with van der Waals surface area (Å²) in [6.45, 7) is 4.94. The van der Waals surface area contributed by atoms with E-state index in [1.807, 2.05) is 84.9 Å². The van der Waals surface area contributed by atoms with Crippen LogP contribution in [-0.2, 0) is 20.9 Å². The SMILES string of the molecule is CC1C(CN2CCC3(CC2)C(=O)NCN3c2ccccc2)OC(c2ccc(NC(=O)c3ccccc3)cc2)OC1c1ccc(CO)cc1. The predicted molar refractivity (Wildman–Crippen MR) is 184 cm³/mol. The van der Waals surface area contributed by atoms with Crippen molar-refractivity contribution in [1.29, 1.82) is 0 Å². The van der Waals surface area contributed by atoms with E-state index in [0.29, 0.717) is 24.5 Å². The molecule has 2 amide bonds. The van der Waals surface area contributed by atoms with Crippen molar-refractivity contribution in [3.63, 3.8) is 0 Å². The minimum absolute atomic E-state index is 0.0148. The van der Waals surface area contributed by atoms with Crippen molar-refractivity contribution in [3.8, 4) is 0 Å². The van der Waals surface area contributed by atoms with Crippen LogP contribution in [0.25, 0.3) is 0 Å². The number of piperidine rings is 1. The summed E-state index contributed by atoms with van der Waals surface area (Å²) >= 11 is 0. The van der Waals surface area contributed by atoms with E-state index in [4.69, 9.17) is 9.47 Å². The number of aliphatic hydroxyl groups excluding tert-OH is 1. The zero-order valence-corrected chi connectivity index (χ0v) is 27.1. The van der Waals surface area contributed by atoms with Crippen molar-refractivity contribution in [1.82, 2.24) is 10.2 Å². The first-order valence-corrected chi connectivity index (χ1v) is 16.7. The van der Waals surface area contributed by atoms with Crippen molar-refractivity contribution in [2.75, 3.05) is 36.5 Å². The third-order valence-corrected chi connectivity index (χ3v) is 10.1. The number of benzene rings is 4. The van der Waals surface area contributed by atoms with E-state index >= 15 is 0 Å². The van der Waals surface area contributed by atoms with E-state index in [2.05, 4.69) is 39.5 Å². The molecule has 248 valence electrons. The molecule has 3 saturated heterocycles. The minimum Gasteiger partial charge on any atom is -0.392 e. The Morgan fingerprint density at radius 3 is 2.19 bits per heavy atom. The second-order valence-electron chi connectivity index (χ2n) is 13.0. The molecule has 9 heteroatoms. The van der Waals surface area contributed by atoms with Crippen LogP contribution >= 0.6 is 0 Å². The molecule has 0 radical (unpaired) electrons. The van der Waals surface area contributed by atoms with Gasteiger partial charge in [-0.25, -0.2) is 0 Å². The van der Waals surface area contributed by atoms with Crippen LogP contribution in [0.1, 0.15) is 59.2 Å². The fourth-order valence-electron chi connectivity index (χ4n) is 7.24. The van der Waals surface area contributed by atoms with Gasteiger partial charge in [-0.05, 0) is 60.4 Å². The zero-order chi connectivity index (χ0) is 33.1. The van der Waals surface area contributed by atoms with E-state index in [1.165, 1.54) is 0 Å². The van der Waals surface area contributed by atoms with Gasteiger partial charge in [0.15, 0.2) is 6.29 Å². The highest BCUT2D eigenvalue weighted by atomic mass is 16.7. The van der Waals surface area contributed by atoms with Crippen LogP contribution in [0.2, 0.25) is 0 Å². The number of carbonyl (C=O) groups excluding carboxylic acids is 2. The van der Waals surface area contributed by atoms with Crippen molar-refractivity contribution in [3.05, 3.63) is 131 Å². The fraction of sp³-hybridized carbons (Fsp3) is 0.333. The molecule has 0 saturated carbocycles. The Morgan fingerprint density at radius 2 is 1.52 bits per heavy atom. The first kappa shape index (κ1) is 32.0. The van der Waals surface area contributed by atoms with Gasteiger partial charge < -0.3 is 35.0 Å². The maximum Gasteiger partial charge on any atom is 0.255 e. The second kappa shape index (κ2) is 13.9. The van der Waals surface area contributed by atoms with Gasteiger partial charge in [-0.15, -0.1) is 0 Å². The summed E-state index contributed by atoms with van der Waals surface area (Å²) in [6.07, 6.45) is 0.482. The topological polar surface area (TPSA) is 103 Å². The Hall–Kier alpha value is -4.54. The molecule has 4 atom stereocenters. The zero-order valence-electron chi connectivity index (χ0n) is 27.1. The summed E-state index contributed by atoms with van der Waals surface area (Å²) in [6, 6.07) is 34.8. The van der Waals surface area contributed by atoms with Crippen LogP contribution in [0.4, 0.5) is 11.4 Å². The third kappa shape index (κ3) is 6.47. The molecule has 7 rings (SSSR count). The number of para-hydroxylation sites is 1. The van der Waals surface area contributed by atoms with Gasteiger partial charge in [0, 0.05) is 48.1 Å². The smallest absolute Gasteiger partial charge is 0.255 e. The number of hydrogen-bond acceptors (Lipinski definition) is 7. The lowest BCUT2D eigenvalue weighted by molar-refractivity contribution is -0.276. The molecule has 0 aromatic heterocycles. The highest BCUT2D eigenvalue weighted by Gasteiger charge is 2.51. The first-order valence-electron chi connectivity index (χ1n) is 16.7. The number of ether oxygens (including phenoxy) is 2. The normalized spacial score (nSPS) is 24.0. The van der Waals surface area contributed by atoms with Crippen LogP contribution in [0, 0.1) is 5.92 Å². The largest absolute Gasteiger partial charge is 0.392 e. The van der Waals surface area contributed by atoms with E-state index < -0.39 is 11.8 Å². The molecule has 4 aromatic rings. The van der Waals surface area contributed by atoms with Crippen LogP contribution < -0.4 is 15.5 Å². The number of nitrogens with zero attached hydrogens (tertiary/aromatic N) is 2. The molecular weight excluding hydrogens is 604 g/mol. The average molecular weight is 647 g/mol. The minimum atomic E-state index is -0.613. The summed E-state index contributed by atoms with van der Waals surface area (Å²) in [5.41, 5.74) is 4.54. The molecule has 3 fully saturated rings. The summed E-state index contributed by atoms with van der Waals surface area (Å²) in [5, 5.41) is 15.7. The molecule has 3 aliphatic heterocycles. The van der Waals surface area contributed by atoms with Crippen LogP contribution in [0.3, 0.4) is 0 Å². The van der Waals surface area contributed by atoms with Gasteiger partial charge in [-0.3, -0.25) is 9.59 Å². The highest BCUT2D eigenvalue weighted by molar-refractivity contribution is 6.04. The Kier molecular flexibility index (Phi) is 9.28. The van der Waals surface area contributed by atoms with Crippen molar-refractivity contribution in [2.45, 2.75) is 50.4 Å². The van der Waals surface area contributed by atoms with Crippen LogP contribution in [0.15, 0.2) is 109 Å². The molecule has 4 unspecified atom stereocenters. The maximum absolute atomic E-state index is 13.2. The molecule has 4 aromatic carbocycles. The summed E-state index contributed by atoms with van der Waals surface area (Å²) in [4.78, 5) is 30.6. The van der Waals surface area contributed by atoms with Crippen LogP contribution in [-0.4, -0.2) is 59.8 Å². The number of carbonyl (C=O) groups is 2. The summed E-state index contributed by atoms with van der Waals surface area (Å²) in [7, 11) is 0. The molecule has 0 aliphatic carbocycles. The Bertz CT molecular complexity index is 1690. The molecule has 3 aliphatic rings. The molecule has 1 spiro atoms. The number of hydrogen-bond donors (Lipinski definition) is 3. The van der Waals surface area contributed by atoms with E-state index in [9.17, 15) is 14.7 Å². The molecule has 0 bridgehead atoms. The Morgan fingerprint density at radius 1 is 0.875 bits per heavy atom. The summed E-state index contributed by atoms with van der Waals surface area (Å²) < 4.78 is 13.4. The molecule has 9 nitrogen and oxygen atoms in total. The molecular formula is C39H42N4O5. The number of amides is 2. The van der Waals surface area contributed by atoms with Gasteiger partial charge >= 0.3 is 0 Å². The van der Waals surface area contributed by atoms with Gasteiger partial charge in [0.05, 0.1) is 25.5 Å². The number of anilines is 2. The van der Waals surface area contributed by atoms with Crippen molar-refractivity contribution in [2.24, 2.45) is 5.92 Å². The highest BCUT2D eigenvalue weighted by Crippen LogP contribution is 2.43. The third-order valence-electron chi connectivity index (χ3n) is 10.1. The average Bonchev–Trinajstić information content (AvgIpc) is 3.45. The van der Waals surface area contributed by atoms with Gasteiger partial charge in [-0.1, -0.05) is 79.7 Å². The molecule has 48 heavy (non-hydrogen) atoms. The number of likely N-dealkylation sites (tertiary alicyclic amines) is 1. The van der Waals surface area contributed by atoms with Crippen molar-refractivity contribution >= 4 is 23.2 Å². The van der Waals surface area contributed by atoms with Gasteiger partial charge in [-0.2, -0.15) is 0 Å². The number of nitrogens with one attached hydrogen (secondary N) is 2. The summed E-state index contributed by atoms with van der Waals surface area (Å²) in [5.74, 6) is -0.0206. The lowest BCUT2D eigenvalue weighted by atomic mass is 9.84. The molecule has 3 heterocycles. The molecule has 3 N–H and O–H groups in total. The van der Waals surface area contributed by atoms with E-state index in [-0.39, 0.29) is 36.5 Å². The number of aliphatic hydroxyl groups is 1. The maximum atomic E-state index is 13.2. The van der Waals surface area contributed by atoms with E-state index in [1.54, 1.807) is 12.1 Å². The van der Waals surface area contributed by atoms with Gasteiger partial charge in [0.25, 0.3) is 5.91 Å². The van der Waals surface area contributed by atoms with Crippen molar-refractivity contribution < 1.29 is 24.2 Å². The lowest BCUT2D eigenvalue weighted by Gasteiger charge is -2.46. The van der Waals surface area contributed by atoms with Crippen LogP contribution in [0.5, 0.6) is 0 Å². The first-order chi connectivity index (χ1) is 23.4. The van der Waals surface area contributed by atoms with Gasteiger partial charge in [0.1, 0.15) is 5.54 Å². The Balaban J connectivity index is 1.07. The predicted octanol–water partition coefficient (Wildman–Crippen LogP) is 5.65. The monoisotopic (exact) mass is 646 g/mol. The second-order valence-corrected chi connectivity index (χ2v) is 13.0. The standard InChI is InChI=1S/C39H42N4O5/c1-27-34(24-42-22-20-39(21-23-42)38(46)40-26-43(39)33-10-6-3-7-11-33)47-37(48-35(27)29-14-12-28(25-44)13-15-29)31-16-18-32(19-17-31)41-36(45)30-8-4-2-5-9-30/h2-19,27,34-35,37,44H,20-26H2,1H3,(H,40,46)(H,41,45). The Labute approximate surface area is 281 Å². The van der Waals surface area contributed by atoms with Gasteiger partial charge in [0.2, 0.25) is 5.91 Å². The quantitative estimate of drug-likeness (QED) is 0.227. The lowest BCUT2D eigenvalue weighted by Crippen LogP contribution is -2.57. The van der Waals surface area contributed by atoms with E-state index in [0.717, 1.165) is 48.3 Å². The fourth-order valence-corrected chi connectivity index (χ4v) is 7.24.